The van der Waals surface area contributed by atoms with Gasteiger partial charge in [0.15, 0.2) is 0 Å². The zero-order chi connectivity index (χ0) is 45.6. The SMILES string of the molecule is C[C@H]1C(C2C=CC=CC2)=CC=C1N(c1ccc(-c2ccccc2)cc1)c1ccc(-c2ccc3c(c2)c2cc(-c4ccc(C(CC(C)(C)C)C(C)(C)C)cc4)ccc2n3-c2ccccc2)cc1. The van der Waals surface area contributed by atoms with Crippen molar-refractivity contribution < 1.29 is 0 Å². The van der Waals surface area contributed by atoms with Gasteiger partial charge < -0.3 is 9.47 Å². The number of aromatic nitrogens is 1. The first-order valence-electron chi connectivity index (χ1n) is 23.9. The van der Waals surface area contributed by atoms with Crippen LogP contribution in [0.5, 0.6) is 0 Å². The van der Waals surface area contributed by atoms with Gasteiger partial charge in [0.05, 0.1) is 11.0 Å². The van der Waals surface area contributed by atoms with Crippen LogP contribution in [0.2, 0.25) is 0 Å². The Labute approximate surface area is 393 Å². The average molecular weight is 859 g/mol. The molecular formula is C64H62N2. The van der Waals surface area contributed by atoms with Gasteiger partial charge in [-0.2, -0.15) is 0 Å². The Morgan fingerprint density at radius 2 is 1.05 bits per heavy atom. The Balaban J connectivity index is 1.02. The molecule has 1 heterocycles. The normalized spacial score (nSPS) is 16.7. The molecule has 2 aliphatic carbocycles. The molecule has 0 amide bonds. The van der Waals surface area contributed by atoms with E-state index in [4.69, 9.17) is 0 Å². The number of rotatable bonds is 10. The first-order chi connectivity index (χ1) is 31.9. The molecule has 66 heavy (non-hydrogen) atoms. The van der Waals surface area contributed by atoms with Crippen molar-refractivity contribution in [3.8, 4) is 39.1 Å². The number of fused-ring (bicyclic) bond motifs is 3. The Kier molecular flexibility index (Phi) is 11.4. The molecule has 3 atom stereocenters. The van der Waals surface area contributed by atoms with Crippen molar-refractivity contribution in [1.82, 2.24) is 4.57 Å². The molecule has 0 saturated heterocycles. The van der Waals surface area contributed by atoms with E-state index in [-0.39, 0.29) is 16.7 Å². The minimum absolute atomic E-state index is 0.178. The van der Waals surface area contributed by atoms with E-state index < -0.39 is 0 Å². The van der Waals surface area contributed by atoms with Crippen LogP contribution in [0, 0.1) is 22.7 Å². The Bertz CT molecular complexity index is 3130. The van der Waals surface area contributed by atoms with Crippen LogP contribution in [0.4, 0.5) is 11.4 Å². The van der Waals surface area contributed by atoms with Gasteiger partial charge >= 0.3 is 0 Å². The maximum atomic E-state index is 2.47. The highest BCUT2D eigenvalue weighted by molar-refractivity contribution is 6.11. The minimum Gasteiger partial charge on any atom is -0.314 e. The summed E-state index contributed by atoms with van der Waals surface area (Å²) in [6, 6.07) is 63.2. The standard InChI is InChI=1S/C64H62N2/c1-44-56(49-19-13-9-14-20-49)37-40-60(44)65(54-33-27-46(28-34-54)45-17-11-8-12-18-45)55-35-29-48(30-36-55)52-32-39-62-58(42-52)57-41-51(31-38-61(57)66(62)53-21-15-10-16-22-53)47-23-25-50(26-24-47)59(64(5,6)7)43-63(2,3)4/h8-19,21-42,44,49,59H,20,43H2,1-7H3/t44-,49?,59?/m0/s1. The lowest BCUT2D eigenvalue weighted by molar-refractivity contribution is 0.229. The van der Waals surface area contributed by atoms with E-state index >= 15 is 0 Å². The lowest BCUT2D eigenvalue weighted by atomic mass is 9.69. The molecule has 0 spiro atoms. The molecule has 2 nitrogen and oxygen atoms in total. The largest absolute Gasteiger partial charge is 0.314 e. The first-order valence-corrected chi connectivity index (χ1v) is 23.9. The number of para-hydroxylation sites is 1. The van der Waals surface area contributed by atoms with Crippen LogP contribution in [-0.4, -0.2) is 4.57 Å². The summed E-state index contributed by atoms with van der Waals surface area (Å²) < 4.78 is 2.42. The van der Waals surface area contributed by atoms with Crippen LogP contribution in [0.1, 0.15) is 72.8 Å². The molecule has 2 unspecified atom stereocenters. The van der Waals surface area contributed by atoms with Gasteiger partial charge in [-0.25, -0.2) is 0 Å². The summed E-state index contributed by atoms with van der Waals surface area (Å²) in [7, 11) is 0. The highest BCUT2D eigenvalue weighted by atomic mass is 15.2. The molecule has 0 aliphatic heterocycles. The second kappa shape index (κ2) is 17.5. The summed E-state index contributed by atoms with van der Waals surface area (Å²) >= 11 is 0. The smallest absolute Gasteiger partial charge is 0.0541 e. The zero-order valence-electron chi connectivity index (χ0n) is 39.7. The van der Waals surface area contributed by atoms with Crippen molar-refractivity contribution in [3.05, 3.63) is 223 Å². The summed E-state index contributed by atoms with van der Waals surface area (Å²) in [5, 5.41) is 2.51. The van der Waals surface area contributed by atoms with Gasteiger partial charge in [0.2, 0.25) is 0 Å². The molecule has 0 saturated carbocycles. The zero-order valence-corrected chi connectivity index (χ0v) is 39.7. The van der Waals surface area contributed by atoms with E-state index in [0.29, 0.717) is 11.8 Å². The number of nitrogens with zero attached hydrogens (tertiary/aromatic N) is 2. The lowest BCUT2D eigenvalue weighted by Gasteiger charge is -2.36. The molecule has 8 aromatic rings. The summed E-state index contributed by atoms with van der Waals surface area (Å²) in [4.78, 5) is 2.47. The van der Waals surface area contributed by atoms with E-state index in [9.17, 15) is 0 Å². The van der Waals surface area contributed by atoms with Crippen LogP contribution in [-0.2, 0) is 0 Å². The van der Waals surface area contributed by atoms with Gasteiger partial charge in [-0.3, -0.25) is 0 Å². The fraction of sp³-hybridized carbons (Fsp3) is 0.219. The molecule has 0 bridgehead atoms. The van der Waals surface area contributed by atoms with Crippen molar-refractivity contribution in [2.24, 2.45) is 22.7 Å². The van der Waals surface area contributed by atoms with Gasteiger partial charge in [-0.1, -0.05) is 194 Å². The molecule has 328 valence electrons. The third kappa shape index (κ3) is 8.54. The summed E-state index contributed by atoms with van der Waals surface area (Å²) in [5.74, 6) is 1.18. The molecule has 0 fully saturated rings. The van der Waals surface area contributed by atoms with Crippen LogP contribution in [0.15, 0.2) is 218 Å². The highest BCUT2D eigenvalue weighted by Crippen LogP contribution is 2.46. The maximum absolute atomic E-state index is 2.47. The van der Waals surface area contributed by atoms with Crippen molar-refractivity contribution in [1.29, 1.82) is 0 Å². The first kappa shape index (κ1) is 43.0. The van der Waals surface area contributed by atoms with Crippen molar-refractivity contribution in [2.45, 2.75) is 67.2 Å². The van der Waals surface area contributed by atoms with E-state index in [2.05, 4.69) is 264 Å². The lowest BCUT2D eigenvalue weighted by Crippen LogP contribution is -2.23. The highest BCUT2D eigenvalue weighted by Gasteiger charge is 2.31. The number of benzene rings is 7. The minimum atomic E-state index is 0.178. The van der Waals surface area contributed by atoms with E-state index in [1.807, 2.05) is 0 Å². The molecule has 7 aromatic carbocycles. The molecule has 0 N–H and O–H groups in total. The average Bonchev–Trinajstić information content (AvgIpc) is 3.88. The van der Waals surface area contributed by atoms with Crippen molar-refractivity contribution in [2.75, 3.05) is 4.90 Å². The predicted molar refractivity (Wildman–Crippen MR) is 284 cm³/mol. The van der Waals surface area contributed by atoms with Crippen molar-refractivity contribution >= 4 is 33.2 Å². The molecule has 10 rings (SSSR count). The van der Waals surface area contributed by atoms with Crippen molar-refractivity contribution in [3.63, 3.8) is 0 Å². The molecule has 1 aromatic heterocycles. The Morgan fingerprint density at radius 3 is 1.56 bits per heavy atom. The monoisotopic (exact) mass is 858 g/mol. The van der Waals surface area contributed by atoms with Gasteiger partial charge in [0.1, 0.15) is 0 Å². The van der Waals surface area contributed by atoms with Crippen LogP contribution in [0.25, 0.3) is 60.9 Å². The molecular weight excluding hydrogens is 797 g/mol. The molecule has 2 aliphatic rings. The van der Waals surface area contributed by atoms with Gasteiger partial charge in [-0.05, 0) is 135 Å². The topological polar surface area (TPSA) is 8.17 Å². The summed E-state index contributed by atoms with van der Waals surface area (Å²) in [6.07, 6.45) is 15.9. The molecule has 0 radical (unpaired) electrons. The number of hydrogen-bond acceptors (Lipinski definition) is 1. The van der Waals surface area contributed by atoms with Crippen LogP contribution >= 0.6 is 0 Å². The predicted octanol–water partition coefficient (Wildman–Crippen LogP) is 18.1. The quantitative estimate of drug-likeness (QED) is 0.133. The number of allylic oxidation sites excluding steroid dienone is 7. The second-order valence-electron chi connectivity index (χ2n) is 20.9. The number of hydrogen-bond donors (Lipinski definition) is 0. The fourth-order valence-corrected chi connectivity index (χ4v) is 10.5. The summed E-state index contributed by atoms with van der Waals surface area (Å²) in [6.45, 7) is 16.6. The summed E-state index contributed by atoms with van der Waals surface area (Å²) in [5.41, 5.74) is 17.9. The maximum Gasteiger partial charge on any atom is 0.0541 e. The van der Waals surface area contributed by atoms with Crippen LogP contribution in [0.3, 0.4) is 0 Å². The molecule has 2 heteroatoms. The Hall–Kier alpha value is -6.90. The Morgan fingerprint density at radius 1 is 0.545 bits per heavy atom. The van der Waals surface area contributed by atoms with E-state index in [1.54, 1.807) is 0 Å². The third-order valence-electron chi connectivity index (χ3n) is 14.0. The number of anilines is 2. The van der Waals surface area contributed by atoms with E-state index in [0.717, 1.165) is 24.2 Å². The van der Waals surface area contributed by atoms with Gasteiger partial charge in [-0.15, -0.1) is 0 Å². The van der Waals surface area contributed by atoms with E-state index in [1.165, 1.54) is 77.7 Å². The fourth-order valence-electron chi connectivity index (χ4n) is 10.5. The van der Waals surface area contributed by atoms with Gasteiger partial charge in [0.25, 0.3) is 0 Å². The van der Waals surface area contributed by atoms with Gasteiger partial charge in [0, 0.05) is 45.4 Å². The third-order valence-corrected chi connectivity index (χ3v) is 14.0. The second-order valence-corrected chi connectivity index (χ2v) is 20.9. The van der Waals surface area contributed by atoms with Crippen LogP contribution < -0.4 is 4.90 Å².